The van der Waals surface area contributed by atoms with Crippen LogP contribution in [-0.2, 0) is 438 Å². The van der Waals surface area contributed by atoms with E-state index in [1.807, 2.05) is 0 Å². The van der Waals surface area contributed by atoms with Gasteiger partial charge in [-0.05, 0) is 0 Å². The topological polar surface area (TPSA) is 1320 Å². The van der Waals surface area contributed by atoms with Crippen molar-refractivity contribution in [3.63, 3.8) is 0 Å². The van der Waals surface area contributed by atoms with Crippen molar-refractivity contribution in [3.05, 3.63) is 0 Å². The Balaban J connectivity index is 0. The van der Waals surface area contributed by atoms with Crippen molar-refractivity contribution < 1.29 is 563 Å². The minimum Gasteiger partial charge on any atom is -2.00 e. The minimum atomic E-state index is 0. The van der Waals surface area contributed by atoms with Crippen molar-refractivity contribution in [2.24, 2.45) is 0 Å². The first kappa shape index (κ1) is 4050. The van der Waals surface area contributed by atoms with Gasteiger partial charge in [-0.25, -0.2) is 0 Å². The number of rotatable bonds is 0. The molecule has 0 saturated carbocycles. The molecule has 58 heavy (non-hydrogen) atoms. The summed E-state index contributed by atoms with van der Waals surface area (Å²) in [6, 6.07) is 0. The fraction of sp³-hybridized carbons (Fsp3) is 0. The Kier molecular flexibility index (Phi) is 270000. The molecule has 0 unspecified atom stereocenters. The van der Waals surface area contributed by atoms with E-state index in [4.69, 9.17) is 0 Å². The van der Waals surface area contributed by atoms with Gasteiger partial charge in [-0.3, -0.25) is 0 Å². The van der Waals surface area contributed by atoms with E-state index in [2.05, 4.69) is 0 Å². The van der Waals surface area contributed by atoms with E-state index < -0.39 is 0 Å². The Bertz CT molecular complexity index is 62.3. The van der Waals surface area contributed by atoms with Crippen LogP contribution in [0.1, 0.15) is 0 Å². The van der Waals surface area contributed by atoms with E-state index in [0.29, 0.717) is 0 Å². The summed E-state index contributed by atoms with van der Waals surface area (Å²) < 4.78 is 0. The van der Waals surface area contributed by atoms with Crippen LogP contribution in [0.25, 0.3) is 0 Å². The molecule has 406 valence electrons. The summed E-state index contributed by atoms with van der Waals surface area (Å²) in [5.41, 5.74) is 0. The van der Waals surface area contributed by atoms with Gasteiger partial charge in [0.1, 0.15) is 0 Å². The van der Waals surface area contributed by atoms with Crippen molar-refractivity contribution in [2.75, 3.05) is 0 Å². The maximum atomic E-state index is 0. The van der Waals surface area contributed by atoms with Crippen LogP contribution >= 0.6 is 0 Å². The van der Waals surface area contributed by atoms with Crippen LogP contribution < -0.4 is 103 Å². The summed E-state index contributed by atoms with van der Waals surface area (Å²) in [6.45, 7) is 0. The smallest absolute Gasteiger partial charge is 2.00 e. The van der Waals surface area contributed by atoms with Crippen LogP contribution in [0.15, 0.2) is 0 Å². The van der Waals surface area contributed by atoms with E-state index >= 15 is 0 Å². The third-order valence-electron chi connectivity index (χ3n) is 0. The van der Waals surface area contributed by atoms with Gasteiger partial charge >= 0.3 is 173 Å². The minimum absolute atomic E-state index is 0. The molecule has 58 heteroatoms. The summed E-state index contributed by atoms with van der Waals surface area (Å²) in [6.07, 6.45) is 0. The molecule has 0 bridgehead atoms. The molecule has 0 saturated heterocycles. The summed E-state index contributed by atoms with van der Waals surface area (Å²) in [7, 11) is 0. The number of hydrogen-bond acceptors (Lipinski definition) is 0. The largest absolute Gasteiger partial charge is 4.00 e. The molecule has 0 aromatic heterocycles. The van der Waals surface area contributed by atoms with E-state index in [1.165, 1.54) is 0 Å². The van der Waals surface area contributed by atoms with Crippen molar-refractivity contribution in [3.8, 4) is 0 Å². The molecule has 0 rings (SSSR count). The second-order valence-electron chi connectivity index (χ2n) is 0. The molecule has 0 spiro atoms. The van der Waals surface area contributed by atoms with Gasteiger partial charge in [0, 0.05) is 148 Å². The zero-order valence-electron chi connectivity index (χ0n) is 27.5. The second-order valence-corrected chi connectivity index (χ2v) is 0. The average molecular weight is 1450 g/mol. The molecule has 0 amide bonds. The molecule has 10 radical (unpaired) electrons. The Hall–Kier alpha value is 8.37. The Morgan fingerprint density at radius 2 is 0.121 bits per heavy atom. The van der Waals surface area contributed by atoms with Gasteiger partial charge in [0.25, 0.3) is 0 Å². The van der Waals surface area contributed by atoms with Gasteiger partial charge < -0.3 is 241 Å². The Morgan fingerprint density at radius 1 is 0.121 bits per heavy atom. The first-order chi connectivity index (χ1) is 0. The van der Waals surface area contributed by atoms with Crippen molar-refractivity contribution >= 4 is 0 Å². The zero-order valence-corrected chi connectivity index (χ0v) is 49.8. The summed E-state index contributed by atoms with van der Waals surface area (Å²) in [5.74, 6) is 0. The monoisotopic (exact) mass is 1450 g/mol. The molecule has 44 nitrogen and oxygen atoms in total. The van der Waals surface area contributed by atoms with Crippen LogP contribution in [0.5, 0.6) is 0 Å². The van der Waals surface area contributed by atoms with Crippen molar-refractivity contribution in [1.82, 2.24) is 0 Å². The van der Waals surface area contributed by atoms with Gasteiger partial charge in [0.2, 0.25) is 0 Å². The van der Waals surface area contributed by atoms with E-state index in [0.717, 1.165) is 0 Å². The molecule has 44 N–H and O–H groups in total. The Labute approximate surface area is 553 Å². The molecule has 0 atom stereocenters. The fourth-order valence-electron chi connectivity index (χ4n) is 0. The summed E-state index contributed by atoms with van der Waals surface area (Å²) >= 11 is 0. The van der Waals surface area contributed by atoms with E-state index in [1.54, 1.807) is 0 Å². The second kappa shape index (κ2) is 3870. The standard InChI is InChI=1S/2Co.2K.16H2O.28O.10V/h;;;;16*1H2;;;;;;;;;;;;;;;;;;;;;;;;;;;;;;;;;;;;;;/q2*+3;2*+1;;;;;;;;;;;;;;;;;28*-2;;;;;;;;;2*+4/p+12. The number of hydrogen-bond donors (Lipinski definition) is 0. The molecule has 0 fully saturated rings. The van der Waals surface area contributed by atoms with Crippen LogP contribution in [0.3, 0.4) is 0 Å². The van der Waals surface area contributed by atoms with E-state index in [9.17, 15) is 0 Å². The maximum absolute atomic E-state index is 0. The average Bonchev–Trinajstić information content (AvgIpc) is 0. The van der Waals surface area contributed by atoms with Crippen molar-refractivity contribution in [1.29, 1.82) is 0 Å². The summed E-state index contributed by atoms with van der Waals surface area (Å²) in [4.78, 5) is 0. The molecule has 0 aromatic rings. The van der Waals surface area contributed by atoms with Gasteiger partial charge in [-0.2, -0.15) is 0 Å². The molecule has 0 aliphatic rings. The van der Waals surface area contributed by atoms with Gasteiger partial charge in [0.05, 0.1) is 0 Å². The van der Waals surface area contributed by atoms with Crippen LogP contribution in [0, 0.1) is 0 Å². The van der Waals surface area contributed by atoms with Gasteiger partial charge in [-0.1, -0.05) is 0 Å². The Morgan fingerprint density at radius 3 is 0.121 bits per heavy atom. The molecular formula is H44Co2K2O44V10-28. The van der Waals surface area contributed by atoms with Crippen LogP contribution in [0.4, 0.5) is 0 Å². The molecule has 0 heterocycles. The van der Waals surface area contributed by atoms with Crippen molar-refractivity contribution in [2.45, 2.75) is 0 Å². The predicted octanol–water partition coefficient (Wildman–Crippen LogP) is -23.7. The fourth-order valence-corrected chi connectivity index (χ4v) is 0. The molecule has 0 aromatic carbocycles. The quantitative estimate of drug-likeness (QED) is 0.161. The first-order valence-electron chi connectivity index (χ1n) is 0. The predicted molar refractivity (Wildman–Crippen MR) is 92.1 cm³/mol. The molecule has 0 aliphatic carbocycles. The van der Waals surface area contributed by atoms with Crippen LogP contribution in [0.2, 0.25) is 0 Å². The maximum Gasteiger partial charge on any atom is 4.00 e. The third-order valence-corrected chi connectivity index (χ3v) is 0. The normalized spacial score (nSPS) is 0. The zero-order chi connectivity index (χ0) is 0. The van der Waals surface area contributed by atoms with Gasteiger partial charge in [-0.15, -0.1) is 0 Å². The van der Waals surface area contributed by atoms with E-state index in [-0.39, 0.29) is 563 Å². The third kappa shape index (κ3) is 3690. The molecule has 0 aliphatic heterocycles. The SMILES string of the molecule is O.O.O.O.[Co+3].[Co+3].[K+].[K+].[O-2].[O-2].[O-2].[O-2].[O-2].[O-2].[O-2].[O-2].[O-2].[O-2].[O-2].[O-2].[O-2].[O-2].[O-2].[O-2].[O-2].[O-2].[O-2].[O-2].[O-2].[O-2].[O-2].[O-2].[O-2].[O-2].[O-2].[O-2].[OH3+].[OH3+].[OH3+].[OH3+].[OH3+].[OH3+].[OH3+].[OH3+].[OH3+].[OH3+].[OH3+].[OH3+].[V+4].[V+4].[V].[V].[V].[V].[V].[V].[V].[V]. The van der Waals surface area contributed by atoms with Gasteiger partial charge in [0.15, 0.2) is 0 Å². The first-order valence-corrected chi connectivity index (χ1v) is 0. The summed E-state index contributed by atoms with van der Waals surface area (Å²) in [5, 5.41) is 0. The molecular weight excluding hydrogens is 1410 g/mol. The van der Waals surface area contributed by atoms with Crippen LogP contribution in [-0.4, -0.2) is 21.9 Å².